The minimum atomic E-state index is -4.50. The first-order chi connectivity index (χ1) is 14.5. The van der Waals surface area contributed by atoms with Crippen LogP contribution in [0, 0.1) is 5.82 Å². The zero-order valence-corrected chi connectivity index (χ0v) is 18.5. The molecule has 3 aromatic rings. The number of nitrogens with zero attached hydrogens (tertiary/aromatic N) is 4. The molecule has 0 atom stereocenters. The molecule has 0 aliphatic rings. The first-order valence-corrected chi connectivity index (χ1v) is 10.1. The van der Waals surface area contributed by atoms with E-state index in [1.807, 2.05) is 13.8 Å². The van der Waals surface area contributed by atoms with Crippen molar-refractivity contribution in [3.8, 4) is 5.82 Å². The molecular formula is C21H19BrF4N4O. The van der Waals surface area contributed by atoms with Gasteiger partial charge in [-0.05, 0) is 36.2 Å². The van der Waals surface area contributed by atoms with Gasteiger partial charge in [0.05, 0.1) is 23.0 Å². The van der Waals surface area contributed by atoms with Crippen LogP contribution in [-0.4, -0.2) is 32.6 Å². The third-order valence-corrected chi connectivity index (χ3v) is 5.13. The Morgan fingerprint density at radius 2 is 1.90 bits per heavy atom. The van der Waals surface area contributed by atoms with E-state index in [0.29, 0.717) is 15.7 Å². The molecule has 0 saturated heterocycles. The highest BCUT2D eigenvalue weighted by atomic mass is 79.9. The average Bonchev–Trinajstić information content (AvgIpc) is 3.15. The fourth-order valence-corrected chi connectivity index (χ4v) is 3.55. The van der Waals surface area contributed by atoms with E-state index in [1.165, 1.54) is 27.9 Å². The highest BCUT2D eigenvalue weighted by Gasteiger charge is 2.31. The number of benzene rings is 1. The van der Waals surface area contributed by atoms with Crippen LogP contribution in [0.15, 0.2) is 47.2 Å². The lowest BCUT2D eigenvalue weighted by Gasteiger charge is -2.19. The van der Waals surface area contributed by atoms with Gasteiger partial charge >= 0.3 is 6.18 Å². The van der Waals surface area contributed by atoms with Crippen molar-refractivity contribution in [1.29, 1.82) is 0 Å². The summed E-state index contributed by atoms with van der Waals surface area (Å²) in [5, 5.41) is 4.19. The quantitative estimate of drug-likeness (QED) is 0.431. The second-order valence-corrected chi connectivity index (χ2v) is 8.23. The zero-order valence-electron chi connectivity index (χ0n) is 16.9. The van der Waals surface area contributed by atoms with E-state index in [4.69, 9.17) is 0 Å². The molecule has 0 unspecified atom stereocenters. The fraction of sp³-hybridized carbons (Fsp3) is 0.286. The second kappa shape index (κ2) is 8.78. The lowest BCUT2D eigenvalue weighted by molar-refractivity contribution is -0.137. The fourth-order valence-electron chi connectivity index (χ4n) is 3.14. The summed E-state index contributed by atoms with van der Waals surface area (Å²) in [5.41, 5.74) is 0.239. The molecule has 0 bridgehead atoms. The highest BCUT2D eigenvalue weighted by molar-refractivity contribution is 9.10. The van der Waals surface area contributed by atoms with Gasteiger partial charge in [-0.15, -0.1) is 0 Å². The number of hydrogen-bond acceptors (Lipinski definition) is 3. The van der Waals surface area contributed by atoms with Crippen LogP contribution in [0.4, 0.5) is 17.6 Å². The number of hydrogen-bond donors (Lipinski definition) is 0. The molecule has 31 heavy (non-hydrogen) atoms. The van der Waals surface area contributed by atoms with Crippen LogP contribution in [0.5, 0.6) is 0 Å². The van der Waals surface area contributed by atoms with E-state index >= 15 is 0 Å². The first-order valence-electron chi connectivity index (χ1n) is 9.30. The third kappa shape index (κ3) is 4.95. The molecule has 10 heteroatoms. The number of carbonyl (C=O) groups excluding carboxylic acids is 1. The maximum absolute atomic E-state index is 14.1. The predicted molar refractivity (Wildman–Crippen MR) is 110 cm³/mol. The Morgan fingerprint density at radius 1 is 1.19 bits per heavy atom. The van der Waals surface area contributed by atoms with Crippen molar-refractivity contribution < 1.29 is 22.4 Å². The standard InChI is InChI=1S/C21H19BrF4N4O/c1-12(2)19-16(20(31)29(3)11-13-8-15(22)5-6-17(13)23)10-28-30(19)18-7-4-14(9-27-18)21(24,25)26/h4-10,12H,11H2,1-3H3. The molecule has 2 aromatic heterocycles. The summed E-state index contributed by atoms with van der Waals surface area (Å²) in [4.78, 5) is 18.3. The number of pyridine rings is 1. The monoisotopic (exact) mass is 498 g/mol. The molecule has 0 spiro atoms. The van der Waals surface area contributed by atoms with Crippen molar-refractivity contribution in [2.24, 2.45) is 0 Å². The van der Waals surface area contributed by atoms with Gasteiger partial charge in [0.25, 0.3) is 5.91 Å². The largest absolute Gasteiger partial charge is 0.417 e. The van der Waals surface area contributed by atoms with E-state index in [2.05, 4.69) is 26.0 Å². The topological polar surface area (TPSA) is 51.0 Å². The Morgan fingerprint density at radius 3 is 2.48 bits per heavy atom. The summed E-state index contributed by atoms with van der Waals surface area (Å²) in [6, 6.07) is 6.59. The number of rotatable bonds is 5. The number of amides is 1. The Kier molecular flexibility index (Phi) is 6.49. The lowest BCUT2D eigenvalue weighted by Crippen LogP contribution is -2.27. The van der Waals surface area contributed by atoms with Crippen molar-refractivity contribution in [2.75, 3.05) is 7.05 Å². The van der Waals surface area contributed by atoms with Gasteiger partial charge in [0.15, 0.2) is 5.82 Å². The van der Waals surface area contributed by atoms with Crippen molar-refractivity contribution in [1.82, 2.24) is 19.7 Å². The SMILES string of the molecule is CC(C)c1c(C(=O)N(C)Cc2cc(Br)ccc2F)cnn1-c1ccc(C(F)(F)F)cn1. The van der Waals surface area contributed by atoms with Crippen molar-refractivity contribution in [3.05, 3.63) is 75.4 Å². The van der Waals surface area contributed by atoms with Gasteiger partial charge < -0.3 is 4.90 Å². The van der Waals surface area contributed by atoms with Gasteiger partial charge in [0.2, 0.25) is 0 Å². The summed E-state index contributed by atoms with van der Waals surface area (Å²) in [7, 11) is 1.54. The Bertz CT molecular complexity index is 1090. The van der Waals surface area contributed by atoms with Crippen LogP contribution in [0.1, 0.15) is 46.9 Å². The molecule has 0 radical (unpaired) electrons. The molecule has 0 N–H and O–H groups in total. The van der Waals surface area contributed by atoms with Crippen LogP contribution >= 0.6 is 15.9 Å². The second-order valence-electron chi connectivity index (χ2n) is 7.31. The van der Waals surface area contributed by atoms with Crippen LogP contribution in [0.25, 0.3) is 5.82 Å². The summed E-state index contributed by atoms with van der Waals surface area (Å²) in [5.74, 6) is -0.837. The van der Waals surface area contributed by atoms with Gasteiger partial charge in [0, 0.05) is 29.8 Å². The van der Waals surface area contributed by atoms with Crippen molar-refractivity contribution in [2.45, 2.75) is 32.5 Å². The van der Waals surface area contributed by atoms with Crippen LogP contribution in [-0.2, 0) is 12.7 Å². The van der Waals surface area contributed by atoms with Crippen molar-refractivity contribution >= 4 is 21.8 Å². The van der Waals surface area contributed by atoms with E-state index < -0.39 is 17.6 Å². The summed E-state index contributed by atoms with van der Waals surface area (Å²) in [6.45, 7) is 3.70. The Balaban J connectivity index is 1.92. The smallest absolute Gasteiger partial charge is 0.337 e. The van der Waals surface area contributed by atoms with E-state index in [-0.39, 0.29) is 29.8 Å². The summed E-state index contributed by atoms with van der Waals surface area (Å²) < 4.78 is 54.6. The maximum atomic E-state index is 14.1. The molecule has 0 aliphatic heterocycles. The average molecular weight is 499 g/mol. The molecule has 0 aliphatic carbocycles. The van der Waals surface area contributed by atoms with Gasteiger partial charge in [-0.25, -0.2) is 14.1 Å². The summed E-state index contributed by atoms with van der Waals surface area (Å²) >= 11 is 3.28. The van der Waals surface area contributed by atoms with Gasteiger partial charge in [-0.1, -0.05) is 29.8 Å². The van der Waals surface area contributed by atoms with Crippen LogP contribution in [0.2, 0.25) is 0 Å². The van der Waals surface area contributed by atoms with Gasteiger partial charge in [-0.2, -0.15) is 18.3 Å². The number of halogens is 5. The lowest BCUT2D eigenvalue weighted by atomic mass is 10.0. The molecule has 164 valence electrons. The molecule has 0 fully saturated rings. The Hall–Kier alpha value is -2.75. The molecule has 5 nitrogen and oxygen atoms in total. The van der Waals surface area contributed by atoms with Crippen LogP contribution < -0.4 is 0 Å². The van der Waals surface area contributed by atoms with E-state index in [9.17, 15) is 22.4 Å². The molecule has 0 saturated carbocycles. The normalized spacial score (nSPS) is 11.8. The van der Waals surface area contributed by atoms with E-state index in [1.54, 1.807) is 19.2 Å². The summed E-state index contributed by atoms with van der Waals surface area (Å²) in [6.07, 6.45) is -2.42. The molecular weight excluding hydrogens is 480 g/mol. The third-order valence-electron chi connectivity index (χ3n) is 4.64. The molecule has 1 aromatic carbocycles. The maximum Gasteiger partial charge on any atom is 0.417 e. The first kappa shape index (κ1) is 22.9. The number of carbonyl (C=O) groups is 1. The molecule has 1 amide bonds. The van der Waals surface area contributed by atoms with Crippen molar-refractivity contribution in [3.63, 3.8) is 0 Å². The number of alkyl halides is 3. The minimum absolute atomic E-state index is 0.0331. The molecule has 2 heterocycles. The van der Waals surface area contributed by atoms with Gasteiger partial charge in [-0.3, -0.25) is 4.79 Å². The molecule has 3 rings (SSSR count). The minimum Gasteiger partial charge on any atom is -0.337 e. The number of aromatic nitrogens is 3. The van der Waals surface area contributed by atoms with E-state index in [0.717, 1.165) is 12.3 Å². The zero-order chi connectivity index (χ0) is 22.9. The van der Waals surface area contributed by atoms with Crippen LogP contribution in [0.3, 0.4) is 0 Å². The van der Waals surface area contributed by atoms with Gasteiger partial charge in [0.1, 0.15) is 5.82 Å². The predicted octanol–water partition coefficient (Wildman–Crippen LogP) is 5.58. The Labute approximate surface area is 184 Å². The highest BCUT2D eigenvalue weighted by Crippen LogP contribution is 2.30.